The fraction of sp³-hybridized carbons (Fsp3) is 0.231. The number of fused-ring (bicyclic) bond motifs is 1. The first kappa shape index (κ1) is 11.7. The van der Waals surface area contributed by atoms with E-state index in [2.05, 4.69) is 15.4 Å². The SMILES string of the molecule is Cc1cc2c(cc1-c1ccnc(NN)n1)OCCO2. The molecular formula is C13H14N4O2. The molecule has 98 valence electrons. The van der Waals surface area contributed by atoms with Crippen LogP contribution in [0.1, 0.15) is 5.56 Å². The topological polar surface area (TPSA) is 82.3 Å². The van der Waals surface area contributed by atoms with Crippen molar-refractivity contribution >= 4 is 5.95 Å². The van der Waals surface area contributed by atoms with Gasteiger partial charge in [0.2, 0.25) is 5.95 Å². The van der Waals surface area contributed by atoms with Gasteiger partial charge in [0.1, 0.15) is 13.2 Å². The highest BCUT2D eigenvalue weighted by atomic mass is 16.6. The standard InChI is InChI=1S/C13H14N4O2/c1-8-6-11-12(19-5-4-18-11)7-9(8)10-2-3-15-13(16-10)17-14/h2-3,6-7H,4-5,14H2,1H3,(H,15,16,17). The van der Waals surface area contributed by atoms with E-state index in [4.69, 9.17) is 15.3 Å². The van der Waals surface area contributed by atoms with Crippen LogP contribution in [0.2, 0.25) is 0 Å². The first-order valence-electron chi connectivity index (χ1n) is 5.98. The quantitative estimate of drug-likeness (QED) is 0.627. The third kappa shape index (κ3) is 2.17. The maximum atomic E-state index is 5.59. The Labute approximate surface area is 110 Å². The zero-order chi connectivity index (χ0) is 13.2. The summed E-state index contributed by atoms with van der Waals surface area (Å²) in [7, 11) is 0. The van der Waals surface area contributed by atoms with Gasteiger partial charge in [0.05, 0.1) is 5.69 Å². The van der Waals surface area contributed by atoms with Gasteiger partial charge in [-0.15, -0.1) is 0 Å². The molecule has 0 spiro atoms. The van der Waals surface area contributed by atoms with Crippen molar-refractivity contribution in [2.45, 2.75) is 6.92 Å². The molecule has 0 fully saturated rings. The van der Waals surface area contributed by atoms with Crippen molar-refractivity contribution in [3.05, 3.63) is 30.0 Å². The molecule has 19 heavy (non-hydrogen) atoms. The monoisotopic (exact) mass is 258 g/mol. The zero-order valence-electron chi connectivity index (χ0n) is 10.5. The van der Waals surface area contributed by atoms with E-state index >= 15 is 0 Å². The van der Waals surface area contributed by atoms with Crippen molar-refractivity contribution in [2.75, 3.05) is 18.6 Å². The highest BCUT2D eigenvalue weighted by molar-refractivity contribution is 5.68. The molecule has 0 aliphatic carbocycles. The minimum Gasteiger partial charge on any atom is -0.486 e. The predicted molar refractivity (Wildman–Crippen MR) is 71.0 cm³/mol. The van der Waals surface area contributed by atoms with Gasteiger partial charge in [-0.25, -0.2) is 15.8 Å². The minimum absolute atomic E-state index is 0.381. The average Bonchev–Trinajstić information content (AvgIpc) is 2.46. The molecule has 0 radical (unpaired) electrons. The highest BCUT2D eigenvalue weighted by Crippen LogP contribution is 2.36. The molecule has 0 atom stereocenters. The first-order chi connectivity index (χ1) is 9.28. The van der Waals surface area contributed by atoms with Crippen molar-refractivity contribution in [1.82, 2.24) is 9.97 Å². The fourth-order valence-electron chi connectivity index (χ4n) is 2.04. The second-order valence-corrected chi connectivity index (χ2v) is 4.22. The number of aromatic nitrogens is 2. The van der Waals surface area contributed by atoms with Crippen molar-refractivity contribution in [3.63, 3.8) is 0 Å². The van der Waals surface area contributed by atoms with Gasteiger partial charge in [-0.1, -0.05) is 0 Å². The summed E-state index contributed by atoms with van der Waals surface area (Å²) in [5.41, 5.74) is 5.27. The van der Waals surface area contributed by atoms with E-state index in [9.17, 15) is 0 Å². The number of aryl methyl sites for hydroxylation is 1. The first-order valence-corrected chi connectivity index (χ1v) is 5.98. The van der Waals surface area contributed by atoms with E-state index in [0.717, 1.165) is 28.3 Å². The van der Waals surface area contributed by atoms with Crippen LogP contribution in [0.5, 0.6) is 11.5 Å². The summed E-state index contributed by atoms with van der Waals surface area (Å²) in [5, 5.41) is 0. The van der Waals surface area contributed by atoms with Crippen LogP contribution in [-0.4, -0.2) is 23.2 Å². The number of nitrogens with one attached hydrogen (secondary N) is 1. The second kappa shape index (κ2) is 4.74. The van der Waals surface area contributed by atoms with Gasteiger partial charge in [0.15, 0.2) is 11.5 Å². The normalized spacial score (nSPS) is 13.2. The van der Waals surface area contributed by atoms with Crippen LogP contribution in [0, 0.1) is 6.92 Å². The van der Waals surface area contributed by atoms with E-state index in [1.54, 1.807) is 6.20 Å². The van der Waals surface area contributed by atoms with Gasteiger partial charge < -0.3 is 9.47 Å². The molecule has 0 amide bonds. The Kier molecular flexibility index (Phi) is 2.92. The number of rotatable bonds is 2. The van der Waals surface area contributed by atoms with Gasteiger partial charge in [0, 0.05) is 11.8 Å². The molecular weight excluding hydrogens is 244 g/mol. The summed E-state index contributed by atoms with van der Waals surface area (Å²) >= 11 is 0. The highest BCUT2D eigenvalue weighted by Gasteiger charge is 2.15. The van der Waals surface area contributed by atoms with Crippen LogP contribution in [0.25, 0.3) is 11.3 Å². The number of nitrogens with two attached hydrogens (primary N) is 1. The summed E-state index contributed by atoms with van der Waals surface area (Å²) < 4.78 is 11.1. The Hall–Kier alpha value is -2.34. The van der Waals surface area contributed by atoms with Crippen LogP contribution in [0.4, 0.5) is 5.95 Å². The van der Waals surface area contributed by atoms with Crippen molar-refractivity contribution in [3.8, 4) is 22.8 Å². The molecule has 2 heterocycles. The molecule has 1 aromatic heterocycles. The molecule has 3 N–H and O–H groups in total. The second-order valence-electron chi connectivity index (χ2n) is 4.22. The molecule has 6 nitrogen and oxygen atoms in total. The van der Waals surface area contributed by atoms with Crippen LogP contribution >= 0.6 is 0 Å². The summed E-state index contributed by atoms with van der Waals surface area (Å²) in [4.78, 5) is 8.33. The predicted octanol–water partition coefficient (Wildman–Crippen LogP) is 1.51. The Balaban J connectivity index is 2.08. The van der Waals surface area contributed by atoms with E-state index in [-0.39, 0.29) is 0 Å². The van der Waals surface area contributed by atoms with Crippen molar-refractivity contribution in [1.29, 1.82) is 0 Å². The van der Waals surface area contributed by atoms with Crippen LogP contribution < -0.4 is 20.7 Å². The lowest BCUT2D eigenvalue weighted by atomic mass is 10.0. The number of benzene rings is 1. The van der Waals surface area contributed by atoms with Crippen LogP contribution in [-0.2, 0) is 0 Å². The third-order valence-corrected chi connectivity index (χ3v) is 2.95. The van der Waals surface area contributed by atoms with E-state index in [1.807, 2.05) is 25.1 Å². The molecule has 1 aliphatic heterocycles. The van der Waals surface area contributed by atoms with Gasteiger partial charge in [-0.3, -0.25) is 5.43 Å². The van der Waals surface area contributed by atoms with Gasteiger partial charge in [-0.05, 0) is 30.7 Å². The van der Waals surface area contributed by atoms with Crippen LogP contribution in [0.15, 0.2) is 24.4 Å². The Morgan fingerprint density at radius 2 is 1.95 bits per heavy atom. The molecule has 0 bridgehead atoms. The summed E-state index contributed by atoms with van der Waals surface area (Å²) in [5.74, 6) is 7.23. The minimum atomic E-state index is 0.381. The summed E-state index contributed by atoms with van der Waals surface area (Å²) in [6.07, 6.45) is 1.66. The molecule has 3 rings (SSSR count). The molecule has 1 aromatic carbocycles. The Morgan fingerprint density at radius 3 is 2.68 bits per heavy atom. The largest absolute Gasteiger partial charge is 0.486 e. The molecule has 1 aliphatic rings. The fourth-order valence-corrected chi connectivity index (χ4v) is 2.04. The number of nitrogen functional groups attached to an aromatic ring is 1. The van der Waals surface area contributed by atoms with E-state index in [0.29, 0.717) is 19.2 Å². The van der Waals surface area contributed by atoms with Crippen molar-refractivity contribution < 1.29 is 9.47 Å². The smallest absolute Gasteiger partial charge is 0.237 e. The lowest BCUT2D eigenvalue weighted by Gasteiger charge is -2.20. The number of anilines is 1. The Bertz CT molecular complexity index is 616. The molecule has 0 saturated carbocycles. The van der Waals surface area contributed by atoms with Gasteiger partial charge in [0.25, 0.3) is 0 Å². The van der Waals surface area contributed by atoms with Crippen LogP contribution in [0.3, 0.4) is 0 Å². The average molecular weight is 258 g/mol. The maximum absolute atomic E-state index is 5.59. The molecule has 6 heteroatoms. The van der Waals surface area contributed by atoms with E-state index in [1.165, 1.54) is 0 Å². The Morgan fingerprint density at radius 1 is 1.21 bits per heavy atom. The number of hydrogen-bond acceptors (Lipinski definition) is 6. The third-order valence-electron chi connectivity index (χ3n) is 2.95. The summed E-state index contributed by atoms with van der Waals surface area (Å²) in [6.45, 7) is 3.15. The lowest BCUT2D eigenvalue weighted by Crippen LogP contribution is -2.15. The number of ether oxygens (including phenoxy) is 2. The molecule has 2 aromatic rings. The molecule has 0 saturated heterocycles. The number of hydrazine groups is 1. The van der Waals surface area contributed by atoms with E-state index < -0.39 is 0 Å². The summed E-state index contributed by atoms with van der Waals surface area (Å²) in [6, 6.07) is 5.73. The van der Waals surface area contributed by atoms with Crippen molar-refractivity contribution in [2.24, 2.45) is 5.84 Å². The zero-order valence-corrected chi connectivity index (χ0v) is 10.5. The lowest BCUT2D eigenvalue weighted by molar-refractivity contribution is 0.171. The van der Waals surface area contributed by atoms with Gasteiger partial charge >= 0.3 is 0 Å². The van der Waals surface area contributed by atoms with Gasteiger partial charge in [-0.2, -0.15) is 0 Å². The number of hydrogen-bond donors (Lipinski definition) is 2. The molecule has 0 unspecified atom stereocenters. The number of nitrogens with zero attached hydrogens (tertiary/aromatic N) is 2. The maximum Gasteiger partial charge on any atom is 0.237 e.